The second-order valence-corrected chi connectivity index (χ2v) is 8.27. The van der Waals surface area contributed by atoms with Gasteiger partial charge in [0.1, 0.15) is 11.8 Å². The third-order valence-electron chi connectivity index (χ3n) is 6.16. The number of Topliss-reactive ketones (excluding diaryl/α,β-unsaturated/α-hetero) is 1. The van der Waals surface area contributed by atoms with Crippen LogP contribution in [0.3, 0.4) is 0 Å². The summed E-state index contributed by atoms with van der Waals surface area (Å²) in [5.41, 5.74) is 1.54. The average molecular weight is 485 g/mol. The Balaban J connectivity index is 1.62. The number of ketones is 1. The van der Waals surface area contributed by atoms with E-state index in [2.05, 4.69) is 15.4 Å². The number of nitro benzene ring substituents is 1. The molecule has 1 aliphatic heterocycles. The number of ether oxygens (including phenoxy) is 1. The Morgan fingerprint density at radius 3 is 2.54 bits per heavy atom. The molecule has 12 heteroatoms. The first-order valence-electron chi connectivity index (χ1n) is 10.6. The number of aromatic nitrogens is 3. The van der Waals surface area contributed by atoms with E-state index in [9.17, 15) is 28.1 Å². The number of hydrogen-bond acceptors (Lipinski definition) is 7. The van der Waals surface area contributed by atoms with Crippen LogP contribution in [0.2, 0.25) is 0 Å². The summed E-state index contributed by atoms with van der Waals surface area (Å²) >= 11 is 0. The standard InChI is InChI=1S/C23H18F3N5O4/c1-35-16-7-5-12(6-8-16)14-10-17-19(18(32)11-14)20(13-3-2-4-15(9-13)31(33)34)30-22(27-17)28-21(29-30)23(24,25)26/h2-9,14,20H,10-11H2,1H3,(H,27,28,29)/t14-,20+/m0/s1. The van der Waals surface area contributed by atoms with Gasteiger partial charge in [-0.05, 0) is 35.6 Å². The maximum absolute atomic E-state index is 13.4. The molecule has 2 atom stereocenters. The van der Waals surface area contributed by atoms with Crippen molar-refractivity contribution in [1.29, 1.82) is 0 Å². The molecule has 9 nitrogen and oxygen atoms in total. The highest BCUT2D eigenvalue weighted by Crippen LogP contribution is 2.45. The minimum Gasteiger partial charge on any atom is -0.497 e. The molecular formula is C23H18F3N5O4. The number of methoxy groups -OCH3 is 1. The quantitative estimate of drug-likeness (QED) is 0.424. The van der Waals surface area contributed by atoms with Crippen molar-refractivity contribution in [3.8, 4) is 5.75 Å². The monoisotopic (exact) mass is 485 g/mol. The highest BCUT2D eigenvalue weighted by Gasteiger charge is 2.43. The number of benzene rings is 2. The topological polar surface area (TPSA) is 112 Å². The number of halogens is 3. The molecule has 1 N–H and O–H groups in total. The van der Waals surface area contributed by atoms with Gasteiger partial charge in [-0.25, -0.2) is 4.68 Å². The van der Waals surface area contributed by atoms with Gasteiger partial charge >= 0.3 is 6.18 Å². The highest BCUT2D eigenvalue weighted by atomic mass is 19.4. The molecule has 2 heterocycles. The molecule has 180 valence electrons. The second-order valence-electron chi connectivity index (χ2n) is 8.27. The number of rotatable bonds is 4. The SMILES string of the molecule is COc1ccc([C@@H]2CC(=O)C3=C(C2)Nc2nc(C(F)(F)F)nn2[C@@H]3c2cccc([N+](=O)[O-])c2)cc1. The summed E-state index contributed by atoms with van der Waals surface area (Å²) in [4.78, 5) is 27.7. The van der Waals surface area contributed by atoms with E-state index >= 15 is 0 Å². The molecule has 0 saturated heterocycles. The molecule has 0 spiro atoms. The van der Waals surface area contributed by atoms with Gasteiger partial charge in [-0.1, -0.05) is 24.3 Å². The van der Waals surface area contributed by atoms with Crippen LogP contribution in [-0.4, -0.2) is 32.6 Å². The summed E-state index contributed by atoms with van der Waals surface area (Å²) in [6, 6.07) is 11.6. The lowest BCUT2D eigenvalue weighted by Gasteiger charge is -2.35. The Hall–Kier alpha value is -4.22. The van der Waals surface area contributed by atoms with Crippen molar-refractivity contribution in [2.45, 2.75) is 31.0 Å². The second kappa shape index (κ2) is 8.22. The summed E-state index contributed by atoms with van der Waals surface area (Å²) in [6.07, 6.45) is -4.35. The van der Waals surface area contributed by atoms with Gasteiger partial charge in [0, 0.05) is 29.8 Å². The van der Waals surface area contributed by atoms with Crippen molar-refractivity contribution in [2.75, 3.05) is 12.4 Å². The number of fused-ring (bicyclic) bond motifs is 1. The molecule has 35 heavy (non-hydrogen) atoms. The van der Waals surface area contributed by atoms with Gasteiger partial charge in [-0.15, -0.1) is 5.10 Å². The normalized spacial score (nSPS) is 19.6. The van der Waals surface area contributed by atoms with Crippen molar-refractivity contribution >= 4 is 17.4 Å². The van der Waals surface area contributed by atoms with Crippen LogP contribution in [0, 0.1) is 10.1 Å². The first kappa shape index (κ1) is 22.6. The predicted octanol–water partition coefficient (Wildman–Crippen LogP) is 4.63. The number of nitrogens with zero attached hydrogens (tertiary/aromatic N) is 4. The maximum atomic E-state index is 13.4. The lowest BCUT2D eigenvalue weighted by Crippen LogP contribution is -2.33. The van der Waals surface area contributed by atoms with Crippen LogP contribution < -0.4 is 10.1 Å². The van der Waals surface area contributed by atoms with E-state index < -0.39 is 23.0 Å². The fraction of sp³-hybridized carbons (Fsp3) is 0.261. The summed E-state index contributed by atoms with van der Waals surface area (Å²) in [6.45, 7) is 0. The lowest BCUT2D eigenvalue weighted by atomic mass is 9.78. The molecule has 0 amide bonds. The third kappa shape index (κ3) is 4.00. The summed E-state index contributed by atoms with van der Waals surface area (Å²) in [7, 11) is 1.54. The molecule has 1 aliphatic carbocycles. The van der Waals surface area contributed by atoms with E-state index in [1.165, 1.54) is 24.3 Å². The van der Waals surface area contributed by atoms with Crippen LogP contribution in [0.25, 0.3) is 0 Å². The van der Waals surface area contributed by atoms with Crippen LogP contribution in [0.15, 0.2) is 59.8 Å². The molecule has 2 aromatic carbocycles. The minimum absolute atomic E-state index is 0.119. The average Bonchev–Trinajstić information content (AvgIpc) is 3.27. The smallest absolute Gasteiger partial charge is 0.453 e. The fourth-order valence-electron chi connectivity index (χ4n) is 4.56. The molecule has 0 saturated carbocycles. The van der Waals surface area contributed by atoms with Crippen LogP contribution in [0.4, 0.5) is 24.8 Å². The Morgan fingerprint density at radius 1 is 1.14 bits per heavy atom. The van der Waals surface area contributed by atoms with Gasteiger partial charge in [0.2, 0.25) is 5.95 Å². The first-order valence-corrected chi connectivity index (χ1v) is 10.6. The predicted molar refractivity (Wildman–Crippen MR) is 117 cm³/mol. The van der Waals surface area contributed by atoms with Gasteiger partial charge in [0.05, 0.1) is 12.0 Å². The highest BCUT2D eigenvalue weighted by molar-refractivity contribution is 6.00. The zero-order chi connectivity index (χ0) is 24.9. The number of alkyl halides is 3. The van der Waals surface area contributed by atoms with Gasteiger partial charge in [0.15, 0.2) is 5.78 Å². The number of anilines is 1. The van der Waals surface area contributed by atoms with Crippen molar-refractivity contribution < 1.29 is 27.6 Å². The molecule has 1 aromatic heterocycles. The molecule has 2 aliphatic rings. The largest absolute Gasteiger partial charge is 0.497 e. The van der Waals surface area contributed by atoms with Gasteiger partial charge in [-0.2, -0.15) is 18.2 Å². The van der Waals surface area contributed by atoms with Crippen molar-refractivity contribution in [3.05, 3.63) is 86.9 Å². The van der Waals surface area contributed by atoms with E-state index in [0.29, 0.717) is 17.9 Å². The van der Waals surface area contributed by atoms with E-state index in [1.54, 1.807) is 19.2 Å². The lowest BCUT2D eigenvalue weighted by molar-refractivity contribution is -0.384. The molecule has 0 bridgehead atoms. The molecule has 0 radical (unpaired) electrons. The number of hydrogen-bond donors (Lipinski definition) is 1. The third-order valence-corrected chi connectivity index (χ3v) is 6.16. The number of carbonyl (C=O) groups is 1. The molecule has 0 unspecified atom stereocenters. The van der Waals surface area contributed by atoms with Crippen molar-refractivity contribution in [2.24, 2.45) is 0 Å². The molecule has 5 rings (SSSR count). The van der Waals surface area contributed by atoms with Crippen LogP contribution >= 0.6 is 0 Å². The first-order chi connectivity index (χ1) is 16.7. The van der Waals surface area contributed by atoms with Crippen molar-refractivity contribution in [3.63, 3.8) is 0 Å². The molecule has 3 aromatic rings. The zero-order valence-electron chi connectivity index (χ0n) is 18.2. The van der Waals surface area contributed by atoms with Gasteiger partial charge < -0.3 is 10.1 Å². The van der Waals surface area contributed by atoms with Gasteiger partial charge in [0.25, 0.3) is 11.5 Å². The Bertz CT molecular complexity index is 1360. The summed E-state index contributed by atoms with van der Waals surface area (Å²) < 4.78 is 46.4. The summed E-state index contributed by atoms with van der Waals surface area (Å²) in [5, 5.41) is 17.8. The van der Waals surface area contributed by atoms with E-state index in [4.69, 9.17) is 4.74 Å². The van der Waals surface area contributed by atoms with E-state index in [0.717, 1.165) is 10.2 Å². The summed E-state index contributed by atoms with van der Waals surface area (Å²) in [5.74, 6) is -1.40. The molecule has 0 fully saturated rings. The van der Waals surface area contributed by atoms with Crippen LogP contribution in [-0.2, 0) is 11.0 Å². The minimum atomic E-state index is -4.81. The van der Waals surface area contributed by atoms with Crippen LogP contribution in [0.1, 0.15) is 41.8 Å². The Morgan fingerprint density at radius 2 is 1.89 bits per heavy atom. The van der Waals surface area contributed by atoms with Crippen LogP contribution in [0.5, 0.6) is 5.75 Å². The van der Waals surface area contributed by atoms with Gasteiger partial charge in [-0.3, -0.25) is 14.9 Å². The number of allylic oxidation sites excluding steroid dienone is 2. The Kier molecular flexibility index (Phi) is 5.30. The molecular weight excluding hydrogens is 467 g/mol. The van der Waals surface area contributed by atoms with E-state index in [-0.39, 0.29) is 40.9 Å². The fourth-order valence-corrected chi connectivity index (χ4v) is 4.56. The Labute approximate surface area is 196 Å². The van der Waals surface area contributed by atoms with E-state index in [1.807, 2.05) is 12.1 Å². The maximum Gasteiger partial charge on any atom is 0.453 e. The number of carbonyl (C=O) groups excluding carboxylic acids is 1. The van der Waals surface area contributed by atoms with Crippen molar-refractivity contribution in [1.82, 2.24) is 14.8 Å². The number of non-ortho nitro benzene ring substituents is 1. The number of nitrogens with one attached hydrogen (secondary N) is 1. The number of nitro groups is 1. The zero-order valence-corrected chi connectivity index (χ0v) is 18.2.